The number of allylic oxidation sites excluding steroid dienone is 1. The van der Waals surface area contributed by atoms with Crippen LogP contribution in [0.5, 0.6) is 0 Å². The third kappa shape index (κ3) is 4.29. The number of halogens is 1. The summed E-state index contributed by atoms with van der Waals surface area (Å²) in [4.78, 5) is 25.7. The summed E-state index contributed by atoms with van der Waals surface area (Å²) in [5.74, 6) is -2.36. The van der Waals surface area contributed by atoms with Gasteiger partial charge in [0.05, 0.1) is 18.1 Å². The number of esters is 1. The molecule has 1 aliphatic heterocycles. The molecule has 150 valence electrons. The molecule has 2 aromatic carbocycles. The molecule has 6 nitrogen and oxygen atoms in total. The molecule has 0 unspecified atom stereocenters. The van der Waals surface area contributed by atoms with Gasteiger partial charge in [-0.2, -0.15) is 0 Å². The zero-order chi connectivity index (χ0) is 21.0. The van der Waals surface area contributed by atoms with Gasteiger partial charge in [-0.3, -0.25) is 4.79 Å². The Hall–Kier alpha value is -3.61. The molecule has 1 amide bonds. The van der Waals surface area contributed by atoms with Crippen LogP contribution in [0.4, 0.5) is 10.1 Å². The smallest absolute Gasteiger partial charge is 0.340 e. The average Bonchev–Trinajstić information content (AvgIpc) is 2.68. The molecule has 0 aliphatic carbocycles. The molecule has 0 radical (unpaired) electrons. The lowest BCUT2D eigenvalue weighted by Crippen LogP contribution is -2.31. The molecule has 0 spiro atoms. The van der Waals surface area contributed by atoms with E-state index < -0.39 is 23.6 Å². The number of hydrogen-bond donors (Lipinski definition) is 2. The lowest BCUT2D eigenvalue weighted by Gasteiger charge is -2.29. The number of para-hydroxylation sites is 1. The molecule has 0 fully saturated rings. The van der Waals surface area contributed by atoms with E-state index in [9.17, 15) is 14.0 Å². The highest BCUT2D eigenvalue weighted by atomic mass is 19.1. The largest absolute Gasteiger partial charge is 0.462 e. The van der Waals surface area contributed by atoms with E-state index in [2.05, 4.69) is 5.32 Å². The SMILES string of the molecule is CCOC(=O)C1=C(N)OC(C)=C(C(=O)Nc2ccccc2)[C@H]1c1ccc(F)cc1. The van der Waals surface area contributed by atoms with E-state index in [1.54, 1.807) is 38.1 Å². The normalized spacial score (nSPS) is 16.3. The van der Waals surface area contributed by atoms with Crippen molar-refractivity contribution in [3.63, 3.8) is 0 Å². The molecular formula is C22H21FN2O4. The highest BCUT2D eigenvalue weighted by Crippen LogP contribution is 2.40. The minimum absolute atomic E-state index is 0.00210. The van der Waals surface area contributed by atoms with E-state index in [1.807, 2.05) is 6.07 Å². The van der Waals surface area contributed by atoms with Crippen LogP contribution in [-0.4, -0.2) is 18.5 Å². The van der Waals surface area contributed by atoms with E-state index in [0.717, 1.165) is 0 Å². The summed E-state index contributed by atoms with van der Waals surface area (Å²) in [7, 11) is 0. The summed E-state index contributed by atoms with van der Waals surface area (Å²) in [6.45, 7) is 3.38. The molecule has 0 saturated heterocycles. The van der Waals surface area contributed by atoms with Gasteiger partial charge in [0.25, 0.3) is 5.91 Å². The van der Waals surface area contributed by atoms with Crippen molar-refractivity contribution >= 4 is 17.6 Å². The van der Waals surface area contributed by atoms with Crippen molar-refractivity contribution < 1.29 is 23.5 Å². The van der Waals surface area contributed by atoms with Gasteiger partial charge in [0.15, 0.2) is 0 Å². The van der Waals surface area contributed by atoms with Crippen LogP contribution in [0.1, 0.15) is 25.3 Å². The van der Waals surface area contributed by atoms with Crippen molar-refractivity contribution in [3.8, 4) is 0 Å². The van der Waals surface area contributed by atoms with E-state index in [0.29, 0.717) is 11.3 Å². The number of ether oxygens (including phenoxy) is 2. The zero-order valence-corrected chi connectivity index (χ0v) is 16.1. The number of amides is 1. The lowest BCUT2D eigenvalue weighted by molar-refractivity contribution is -0.139. The molecule has 1 aliphatic rings. The van der Waals surface area contributed by atoms with Gasteiger partial charge in [0.2, 0.25) is 5.88 Å². The zero-order valence-electron chi connectivity index (χ0n) is 16.1. The average molecular weight is 396 g/mol. The number of nitrogens with one attached hydrogen (secondary N) is 1. The predicted octanol–water partition coefficient (Wildman–Crippen LogP) is 3.59. The van der Waals surface area contributed by atoms with Gasteiger partial charge in [0.1, 0.15) is 17.1 Å². The number of carbonyl (C=O) groups is 2. The fraction of sp³-hybridized carbons (Fsp3) is 0.182. The third-order valence-corrected chi connectivity index (χ3v) is 4.46. The summed E-state index contributed by atoms with van der Waals surface area (Å²) >= 11 is 0. The Morgan fingerprint density at radius 2 is 1.76 bits per heavy atom. The molecule has 7 heteroatoms. The van der Waals surface area contributed by atoms with Crippen molar-refractivity contribution in [1.29, 1.82) is 0 Å². The highest BCUT2D eigenvalue weighted by molar-refractivity contribution is 6.08. The first-order valence-electron chi connectivity index (χ1n) is 9.09. The van der Waals surface area contributed by atoms with Gasteiger partial charge < -0.3 is 20.5 Å². The summed E-state index contributed by atoms with van der Waals surface area (Å²) in [6, 6.07) is 14.4. The van der Waals surface area contributed by atoms with E-state index in [1.165, 1.54) is 24.3 Å². The van der Waals surface area contributed by atoms with E-state index in [4.69, 9.17) is 15.2 Å². The van der Waals surface area contributed by atoms with Crippen molar-refractivity contribution in [1.82, 2.24) is 0 Å². The number of anilines is 1. The summed E-state index contributed by atoms with van der Waals surface area (Å²) in [5.41, 5.74) is 7.28. The van der Waals surface area contributed by atoms with Gasteiger partial charge >= 0.3 is 5.97 Å². The van der Waals surface area contributed by atoms with Gasteiger partial charge in [-0.05, 0) is 43.7 Å². The molecule has 0 bridgehead atoms. The van der Waals surface area contributed by atoms with Gasteiger partial charge in [-0.15, -0.1) is 0 Å². The van der Waals surface area contributed by atoms with Crippen molar-refractivity contribution in [3.05, 3.63) is 88.8 Å². The molecule has 1 atom stereocenters. The third-order valence-electron chi connectivity index (χ3n) is 4.46. The topological polar surface area (TPSA) is 90.7 Å². The Bertz CT molecular complexity index is 982. The quantitative estimate of drug-likeness (QED) is 0.754. The van der Waals surface area contributed by atoms with Crippen molar-refractivity contribution in [2.24, 2.45) is 5.73 Å². The fourth-order valence-electron chi connectivity index (χ4n) is 3.19. The minimum atomic E-state index is -0.868. The summed E-state index contributed by atoms with van der Waals surface area (Å²) in [5, 5.41) is 2.79. The first kappa shape index (κ1) is 20.1. The molecule has 0 aromatic heterocycles. The second-order valence-corrected chi connectivity index (χ2v) is 6.38. The molecule has 1 heterocycles. The van der Waals surface area contributed by atoms with E-state index in [-0.39, 0.29) is 29.4 Å². The van der Waals surface area contributed by atoms with Gasteiger partial charge in [-0.25, -0.2) is 9.18 Å². The molecule has 2 aromatic rings. The molecule has 0 saturated carbocycles. The fourth-order valence-corrected chi connectivity index (χ4v) is 3.19. The first-order chi connectivity index (χ1) is 13.9. The van der Waals surface area contributed by atoms with Crippen LogP contribution >= 0.6 is 0 Å². The van der Waals surface area contributed by atoms with Crippen LogP contribution in [-0.2, 0) is 19.1 Å². The van der Waals surface area contributed by atoms with Crippen LogP contribution in [0.2, 0.25) is 0 Å². The van der Waals surface area contributed by atoms with Crippen LogP contribution < -0.4 is 11.1 Å². The predicted molar refractivity (Wildman–Crippen MR) is 106 cm³/mol. The number of nitrogens with two attached hydrogens (primary N) is 1. The Morgan fingerprint density at radius 1 is 1.10 bits per heavy atom. The van der Waals surface area contributed by atoms with Crippen LogP contribution in [0.15, 0.2) is 77.4 Å². The lowest BCUT2D eigenvalue weighted by atomic mass is 9.82. The minimum Gasteiger partial charge on any atom is -0.462 e. The number of rotatable bonds is 5. The number of hydrogen-bond acceptors (Lipinski definition) is 5. The number of carbonyl (C=O) groups excluding carboxylic acids is 2. The van der Waals surface area contributed by atoms with E-state index >= 15 is 0 Å². The summed E-state index contributed by atoms with van der Waals surface area (Å²) < 4.78 is 24.1. The van der Waals surface area contributed by atoms with Crippen molar-refractivity contribution in [2.45, 2.75) is 19.8 Å². The van der Waals surface area contributed by atoms with Crippen molar-refractivity contribution in [2.75, 3.05) is 11.9 Å². The maximum atomic E-state index is 13.5. The van der Waals surface area contributed by atoms with Crippen LogP contribution in [0.25, 0.3) is 0 Å². The van der Waals surface area contributed by atoms with Gasteiger partial charge in [-0.1, -0.05) is 30.3 Å². The second kappa shape index (κ2) is 8.60. The van der Waals surface area contributed by atoms with Crippen LogP contribution in [0.3, 0.4) is 0 Å². The second-order valence-electron chi connectivity index (χ2n) is 6.38. The Labute approximate surface area is 167 Å². The standard InChI is InChI=1S/C22H21FN2O4/c1-3-28-22(27)19-18(14-9-11-15(23)12-10-14)17(13(2)29-20(19)24)21(26)25-16-7-5-4-6-8-16/h4-12,18H,3,24H2,1-2H3,(H,25,26)/t18-/m1/s1. The Morgan fingerprint density at radius 3 is 2.38 bits per heavy atom. The molecule has 29 heavy (non-hydrogen) atoms. The first-order valence-corrected chi connectivity index (χ1v) is 9.09. The highest BCUT2D eigenvalue weighted by Gasteiger charge is 2.39. The molecule has 3 N–H and O–H groups in total. The summed E-state index contributed by atoms with van der Waals surface area (Å²) in [6.07, 6.45) is 0. The monoisotopic (exact) mass is 396 g/mol. The molecular weight excluding hydrogens is 375 g/mol. The Kier molecular flexibility index (Phi) is 5.97. The maximum absolute atomic E-state index is 13.5. The maximum Gasteiger partial charge on any atom is 0.340 e. The molecule has 3 rings (SSSR count). The number of benzene rings is 2. The van der Waals surface area contributed by atoms with Gasteiger partial charge in [0, 0.05) is 5.69 Å². The Balaban J connectivity index is 2.08. The van der Waals surface area contributed by atoms with Crippen LogP contribution in [0, 0.1) is 5.82 Å².